The molecule has 0 aromatic carbocycles. The molecule has 3 heterocycles. The van der Waals surface area contributed by atoms with E-state index in [-0.39, 0.29) is 11.6 Å². The maximum Gasteiger partial charge on any atom is 0.326 e. The molecule has 0 fully saturated rings. The van der Waals surface area contributed by atoms with Crippen molar-refractivity contribution in [3.63, 3.8) is 0 Å². The molecule has 18 heavy (non-hydrogen) atoms. The molecule has 0 radical (unpaired) electrons. The lowest BCUT2D eigenvalue weighted by molar-refractivity contribution is 0.431. The summed E-state index contributed by atoms with van der Waals surface area (Å²) in [5, 5.41) is 5.67. The molecule has 0 atom stereocenters. The highest BCUT2D eigenvalue weighted by molar-refractivity contribution is 7.13. The Hall–Kier alpha value is -2.48. The van der Waals surface area contributed by atoms with Gasteiger partial charge in [0.2, 0.25) is 5.82 Å². The number of thiophene rings is 1. The van der Waals surface area contributed by atoms with Crippen molar-refractivity contribution in [1.82, 2.24) is 20.1 Å². The molecule has 90 valence electrons. The summed E-state index contributed by atoms with van der Waals surface area (Å²) in [7, 11) is 0. The van der Waals surface area contributed by atoms with E-state index >= 15 is 0 Å². The third kappa shape index (κ3) is 1.89. The lowest BCUT2D eigenvalue weighted by atomic mass is 10.4. The highest BCUT2D eigenvalue weighted by Crippen LogP contribution is 2.23. The van der Waals surface area contributed by atoms with E-state index in [4.69, 9.17) is 4.52 Å². The Morgan fingerprint density at radius 3 is 2.89 bits per heavy atom. The van der Waals surface area contributed by atoms with Gasteiger partial charge >= 0.3 is 5.69 Å². The predicted octanol–water partition coefficient (Wildman–Crippen LogP) is 0.842. The van der Waals surface area contributed by atoms with Gasteiger partial charge in [0.1, 0.15) is 5.69 Å². The van der Waals surface area contributed by atoms with Gasteiger partial charge in [0.15, 0.2) is 0 Å². The molecule has 0 saturated heterocycles. The van der Waals surface area contributed by atoms with Crippen LogP contribution in [0.1, 0.15) is 0 Å². The van der Waals surface area contributed by atoms with Gasteiger partial charge in [-0.2, -0.15) is 4.98 Å². The fourth-order valence-corrected chi connectivity index (χ4v) is 2.07. The number of H-pyrrole nitrogens is 2. The van der Waals surface area contributed by atoms with Crippen LogP contribution in [0.5, 0.6) is 0 Å². The molecule has 3 aromatic rings. The monoisotopic (exact) mass is 262 g/mol. The van der Waals surface area contributed by atoms with Crippen LogP contribution in [0.25, 0.3) is 22.3 Å². The smallest absolute Gasteiger partial charge is 0.326 e. The van der Waals surface area contributed by atoms with Crippen LogP contribution >= 0.6 is 11.3 Å². The molecule has 0 bridgehead atoms. The first-order valence-electron chi connectivity index (χ1n) is 4.94. The Balaban J connectivity index is 2.08. The first kappa shape index (κ1) is 10.7. The fraction of sp³-hybridized carbons (Fsp3) is 0. The van der Waals surface area contributed by atoms with Crippen LogP contribution in [0.15, 0.2) is 37.7 Å². The minimum atomic E-state index is -0.617. The van der Waals surface area contributed by atoms with E-state index in [1.165, 1.54) is 17.4 Å². The minimum Gasteiger partial charge on any atom is -0.332 e. The van der Waals surface area contributed by atoms with Crippen molar-refractivity contribution < 1.29 is 4.52 Å². The number of aromatic nitrogens is 4. The summed E-state index contributed by atoms with van der Waals surface area (Å²) in [5.74, 6) is 0.516. The molecule has 3 aromatic heterocycles. The highest BCUT2D eigenvalue weighted by atomic mass is 32.1. The summed E-state index contributed by atoms with van der Waals surface area (Å²) in [5.41, 5.74) is -0.947. The Labute approximate surface area is 103 Å². The molecule has 0 aliphatic carbocycles. The number of hydrogen-bond acceptors (Lipinski definition) is 6. The molecular weight excluding hydrogens is 256 g/mol. The highest BCUT2D eigenvalue weighted by Gasteiger charge is 2.12. The second-order valence-electron chi connectivity index (χ2n) is 3.40. The van der Waals surface area contributed by atoms with E-state index in [9.17, 15) is 9.59 Å². The molecular formula is C10H6N4O3S. The van der Waals surface area contributed by atoms with Crippen molar-refractivity contribution >= 4 is 11.3 Å². The zero-order valence-electron chi connectivity index (χ0n) is 8.84. The topological polar surface area (TPSA) is 105 Å². The predicted molar refractivity (Wildman–Crippen MR) is 64.3 cm³/mol. The molecule has 0 unspecified atom stereocenters. The van der Waals surface area contributed by atoms with Gasteiger partial charge in [-0.3, -0.25) is 9.78 Å². The molecule has 0 amide bonds. The van der Waals surface area contributed by atoms with E-state index in [0.29, 0.717) is 5.82 Å². The van der Waals surface area contributed by atoms with E-state index in [1.807, 2.05) is 17.5 Å². The second kappa shape index (κ2) is 4.08. The lowest BCUT2D eigenvalue weighted by Crippen LogP contribution is -2.21. The second-order valence-corrected chi connectivity index (χ2v) is 4.35. The molecule has 0 aliphatic rings. The number of nitrogens with zero attached hydrogens (tertiary/aromatic N) is 2. The molecule has 3 rings (SSSR count). The largest absolute Gasteiger partial charge is 0.332 e. The maximum atomic E-state index is 11.2. The number of rotatable bonds is 2. The first-order chi connectivity index (χ1) is 8.72. The van der Waals surface area contributed by atoms with E-state index in [0.717, 1.165) is 4.88 Å². The third-order valence-corrected chi connectivity index (χ3v) is 3.02. The van der Waals surface area contributed by atoms with Crippen LogP contribution < -0.4 is 11.2 Å². The normalized spacial score (nSPS) is 10.7. The van der Waals surface area contributed by atoms with E-state index < -0.39 is 11.2 Å². The average Bonchev–Trinajstić information content (AvgIpc) is 2.99. The van der Waals surface area contributed by atoms with Gasteiger partial charge in [-0.05, 0) is 11.4 Å². The zero-order valence-corrected chi connectivity index (χ0v) is 9.65. The summed E-state index contributed by atoms with van der Waals surface area (Å²) in [6, 6.07) is 4.90. The summed E-state index contributed by atoms with van der Waals surface area (Å²) >= 11 is 1.47. The maximum absolute atomic E-state index is 11.2. The summed E-state index contributed by atoms with van der Waals surface area (Å²) in [6.45, 7) is 0. The number of nitrogens with one attached hydrogen (secondary N) is 2. The van der Waals surface area contributed by atoms with Crippen molar-refractivity contribution in [2.75, 3.05) is 0 Å². The van der Waals surface area contributed by atoms with Gasteiger partial charge < -0.3 is 9.51 Å². The van der Waals surface area contributed by atoms with Crippen LogP contribution in [0, 0.1) is 0 Å². The summed E-state index contributed by atoms with van der Waals surface area (Å²) in [6.07, 6.45) is 0. The van der Waals surface area contributed by atoms with Crippen LogP contribution in [0.3, 0.4) is 0 Å². The lowest BCUT2D eigenvalue weighted by Gasteiger charge is -1.90. The number of aromatic amines is 2. The van der Waals surface area contributed by atoms with Gasteiger partial charge in [-0.1, -0.05) is 11.2 Å². The van der Waals surface area contributed by atoms with Crippen molar-refractivity contribution in [2.45, 2.75) is 0 Å². The SMILES string of the molecule is O=c1cc(-c2nc(-c3cccs3)no2)[nH]c(=O)[nH]1. The summed E-state index contributed by atoms with van der Waals surface area (Å²) < 4.78 is 5.01. The minimum absolute atomic E-state index is 0.0987. The molecule has 0 spiro atoms. The van der Waals surface area contributed by atoms with Crippen molar-refractivity contribution in [3.8, 4) is 22.3 Å². The molecule has 8 heteroatoms. The van der Waals surface area contributed by atoms with Crippen LogP contribution in [0.4, 0.5) is 0 Å². The standard InChI is InChI=1S/C10H6N4O3S/c15-7-4-5(11-10(16)12-7)9-13-8(14-17-9)6-2-1-3-18-6/h1-4H,(H2,11,12,15,16). The van der Waals surface area contributed by atoms with E-state index in [2.05, 4.69) is 20.1 Å². The molecule has 7 nitrogen and oxygen atoms in total. The zero-order chi connectivity index (χ0) is 12.5. The Kier molecular flexibility index (Phi) is 2.41. The molecule has 0 aliphatic heterocycles. The van der Waals surface area contributed by atoms with Crippen LogP contribution in [-0.4, -0.2) is 20.1 Å². The average molecular weight is 262 g/mol. The quantitative estimate of drug-likeness (QED) is 0.712. The van der Waals surface area contributed by atoms with Gasteiger partial charge in [0, 0.05) is 6.07 Å². The first-order valence-corrected chi connectivity index (χ1v) is 5.82. The van der Waals surface area contributed by atoms with Crippen molar-refractivity contribution in [2.24, 2.45) is 0 Å². The summed E-state index contributed by atoms with van der Waals surface area (Å²) in [4.78, 5) is 31.7. The van der Waals surface area contributed by atoms with Gasteiger partial charge in [0.25, 0.3) is 11.4 Å². The van der Waals surface area contributed by atoms with Gasteiger partial charge in [0.05, 0.1) is 4.88 Å². The van der Waals surface area contributed by atoms with Gasteiger partial charge in [-0.25, -0.2) is 4.79 Å². The molecule has 0 saturated carbocycles. The number of hydrogen-bond donors (Lipinski definition) is 2. The van der Waals surface area contributed by atoms with Gasteiger partial charge in [-0.15, -0.1) is 11.3 Å². The Morgan fingerprint density at radius 1 is 1.28 bits per heavy atom. The van der Waals surface area contributed by atoms with Crippen LogP contribution in [-0.2, 0) is 0 Å². The third-order valence-electron chi connectivity index (χ3n) is 2.16. The Morgan fingerprint density at radius 2 is 2.17 bits per heavy atom. The van der Waals surface area contributed by atoms with Crippen molar-refractivity contribution in [3.05, 3.63) is 44.4 Å². The van der Waals surface area contributed by atoms with Crippen molar-refractivity contribution in [1.29, 1.82) is 0 Å². The van der Waals surface area contributed by atoms with E-state index in [1.54, 1.807) is 0 Å². The van der Waals surface area contributed by atoms with Crippen LogP contribution in [0.2, 0.25) is 0 Å². The molecule has 2 N–H and O–H groups in total. The fourth-order valence-electron chi connectivity index (χ4n) is 1.42. The Bertz CT molecular complexity index is 756.